The van der Waals surface area contributed by atoms with Gasteiger partial charge in [0, 0.05) is 35.8 Å². The summed E-state index contributed by atoms with van der Waals surface area (Å²) in [5.74, 6) is 1.10. The number of hydrogen-bond donors (Lipinski definition) is 0. The number of carbonyl (C=O) groups excluding carboxylic acids is 1. The molecule has 1 aromatic heterocycles. The van der Waals surface area contributed by atoms with Crippen molar-refractivity contribution in [2.24, 2.45) is 22.7 Å². The zero-order chi connectivity index (χ0) is 22.4. The molecule has 2 aromatic rings. The number of hydrogen-bond acceptors (Lipinski definition) is 5. The third-order valence-corrected chi connectivity index (χ3v) is 7.83. The van der Waals surface area contributed by atoms with E-state index in [1.807, 2.05) is 12.1 Å². The van der Waals surface area contributed by atoms with Crippen LogP contribution in [0.15, 0.2) is 51.7 Å². The summed E-state index contributed by atoms with van der Waals surface area (Å²) in [6.07, 6.45) is 3.78. The number of ether oxygens (including phenoxy) is 2. The van der Waals surface area contributed by atoms with Crippen molar-refractivity contribution >= 4 is 16.9 Å². The molecule has 0 radical (unpaired) electrons. The Morgan fingerprint density at radius 1 is 1.19 bits per heavy atom. The summed E-state index contributed by atoms with van der Waals surface area (Å²) in [5.41, 5.74) is 1.31. The highest BCUT2D eigenvalue weighted by Gasteiger charge is 2.57. The van der Waals surface area contributed by atoms with Gasteiger partial charge in [-0.1, -0.05) is 32.9 Å². The van der Waals surface area contributed by atoms with Crippen molar-refractivity contribution in [3.05, 3.63) is 52.9 Å². The van der Waals surface area contributed by atoms with Gasteiger partial charge in [0.05, 0.1) is 6.61 Å². The van der Waals surface area contributed by atoms with Crippen LogP contribution in [0.1, 0.15) is 53.4 Å². The zero-order valence-electron chi connectivity index (χ0n) is 18.9. The van der Waals surface area contributed by atoms with E-state index in [0.29, 0.717) is 23.9 Å². The summed E-state index contributed by atoms with van der Waals surface area (Å²) >= 11 is 0. The second-order valence-electron chi connectivity index (χ2n) is 10.0. The van der Waals surface area contributed by atoms with E-state index in [-0.39, 0.29) is 34.4 Å². The van der Waals surface area contributed by atoms with Crippen molar-refractivity contribution in [3.8, 4) is 5.75 Å². The second-order valence-corrected chi connectivity index (χ2v) is 10.0. The van der Waals surface area contributed by atoms with E-state index in [4.69, 9.17) is 13.9 Å². The molecule has 0 aliphatic heterocycles. The van der Waals surface area contributed by atoms with E-state index in [1.54, 1.807) is 12.1 Å². The number of fused-ring (bicyclic) bond motifs is 2. The predicted molar refractivity (Wildman–Crippen MR) is 120 cm³/mol. The Morgan fingerprint density at radius 3 is 2.68 bits per heavy atom. The molecule has 166 valence electrons. The lowest BCUT2D eigenvalue weighted by molar-refractivity contribution is -0.175. The molecule has 1 heterocycles. The fourth-order valence-electron chi connectivity index (χ4n) is 6.18. The minimum atomic E-state index is -0.368. The average molecular weight is 425 g/mol. The Morgan fingerprint density at radius 2 is 1.94 bits per heavy atom. The molecular formula is C26H32O5. The van der Waals surface area contributed by atoms with E-state index in [2.05, 4.69) is 27.4 Å². The third-order valence-electron chi connectivity index (χ3n) is 7.83. The van der Waals surface area contributed by atoms with Crippen LogP contribution in [0.2, 0.25) is 0 Å². The van der Waals surface area contributed by atoms with Crippen molar-refractivity contribution in [2.75, 3.05) is 6.61 Å². The molecule has 0 saturated heterocycles. The van der Waals surface area contributed by atoms with Gasteiger partial charge >= 0.3 is 11.6 Å². The van der Waals surface area contributed by atoms with Gasteiger partial charge in [0.15, 0.2) is 0 Å². The first kappa shape index (κ1) is 21.7. The lowest BCUT2D eigenvalue weighted by atomic mass is 9.47. The third kappa shape index (κ3) is 3.90. The summed E-state index contributed by atoms with van der Waals surface area (Å²) in [4.78, 5) is 23.2. The van der Waals surface area contributed by atoms with E-state index >= 15 is 0 Å². The van der Waals surface area contributed by atoms with Gasteiger partial charge in [-0.3, -0.25) is 4.79 Å². The van der Waals surface area contributed by atoms with E-state index < -0.39 is 0 Å². The van der Waals surface area contributed by atoms with Gasteiger partial charge in [-0.2, -0.15) is 0 Å². The van der Waals surface area contributed by atoms with Crippen LogP contribution in [0.4, 0.5) is 0 Å². The summed E-state index contributed by atoms with van der Waals surface area (Å²) in [7, 11) is 0. The SMILES string of the molecule is C=C1CCC2C(C)(C)C(OC(C)=O)CCC2(C)C1COc1ccc2ccc(=O)oc2c1. The minimum Gasteiger partial charge on any atom is -0.493 e. The highest BCUT2D eigenvalue weighted by molar-refractivity contribution is 5.77. The van der Waals surface area contributed by atoms with Gasteiger partial charge < -0.3 is 13.9 Å². The smallest absolute Gasteiger partial charge is 0.336 e. The molecule has 2 saturated carbocycles. The molecule has 31 heavy (non-hydrogen) atoms. The molecule has 2 aliphatic rings. The Bertz CT molecular complexity index is 1060. The fraction of sp³-hybridized carbons (Fsp3) is 0.538. The van der Waals surface area contributed by atoms with Crippen LogP contribution in [0.5, 0.6) is 5.75 Å². The highest BCUT2D eigenvalue weighted by atomic mass is 16.5. The zero-order valence-corrected chi connectivity index (χ0v) is 18.9. The van der Waals surface area contributed by atoms with Crippen LogP contribution in [-0.2, 0) is 9.53 Å². The van der Waals surface area contributed by atoms with Gasteiger partial charge in [0.25, 0.3) is 0 Å². The van der Waals surface area contributed by atoms with E-state index in [1.165, 1.54) is 18.6 Å². The van der Waals surface area contributed by atoms with Crippen LogP contribution in [-0.4, -0.2) is 18.7 Å². The number of esters is 1. The fourth-order valence-corrected chi connectivity index (χ4v) is 6.18. The molecular weight excluding hydrogens is 392 g/mol. The van der Waals surface area contributed by atoms with Crippen LogP contribution in [0, 0.1) is 22.7 Å². The maximum atomic E-state index is 11.6. The molecule has 0 N–H and O–H groups in total. The first-order valence-corrected chi connectivity index (χ1v) is 11.1. The highest BCUT2D eigenvalue weighted by Crippen LogP contribution is 2.61. The van der Waals surface area contributed by atoms with Crippen molar-refractivity contribution in [2.45, 2.75) is 59.5 Å². The topological polar surface area (TPSA) is 65.7 Å². The Kier molecular flexibility index (Phi) is 5.48. The Labute approximate surface area is 183 Å². The molecule has 2 fully saturated rings. The largest absolute Gasteiger partial charge is 0.493 e. The van der Waals surface area contributed by atoms with E-state index in [0.717, 1.165) is 31.1 Å². The van der Waals surface area contributed by atoms with Gasteiger partial charge in [0.2, 0.25) is 0 Å². The van der Waals surface area contributed by atoms with Crippen LogP contribution < -0.4 is 10.4 Å². The molecule has 4 rings (SSSR count). The van der Waals surface area contributed by atoms with E-state index in [9.17, 15) is 9.59 Å². The lowest BCUT2D eigenvalue weighted by Gasteiger charge is -2.59. The number of benzene rings is 1. The standard InChI is InChI=1S/C26H32O5/c1-16-6-10-22-25(3,4)23(30-17(2)27)12-13-26(22,5)20(16)15-29-19-9-7-18-8-11-24(28)31-21(18)14-19/h7-9,11,14,20,22-23H,1,6,10,12-13,15H2,2-5H3. The van der Waals surface area contributed by atoms with Crippen molar-refractivity contribution in [3.63, 3.8) is 0 Å². The van der Waals surface area contributed by atoms with Crippen LogP contribution in [0.3, 0.4) is 0 Å². The van der Waals surface area contributed by atoms with Crippen molar-refractivity contribution in [1.82, 2.24) is 0 Å². The first-order chi connectivity index (χ1) is 14.6. The summed E-state index contributed by atoms with van der Waals surface area (Å²) in [6.45, 7) is 13.2. The van der Waals surface area contributed by atoms with Crippen LogP contribution >= 0.6 is 0 Å². The number of carbonyl (C=O) groups is 1. The normalized spacial score (nSPS) is 29.9. The Balaban J connectivity index is 1.56. The molecule has 4 atom stereocenters. The quantitative estimate of drug-likeness (QED) is 0.368. The minimum absolute atomic E-state index is 0.0267. The van der Waals surface area contributed by atoms with Gasteiger partial charge in [-0.25, -0.2) is 4.79 Å². The molecule has 0 spiro atoms. The van der Waals surface area contributed by atoms with Gasteiger partial charge in [-0.05, 0) is 55.2 Å². The maximum absolute atomic E-state index is 11.6. The lowest BCUT2D eigenvalue weighted by Crippen LogP contribution is -2.56. The molecule has 2 aliphatic carbocycles. The van der Waals surface area contributed by atoms with Crippen LogP contribution in [0.25, 0.3) is 11.0 Å². The molecule has 0 amide bonds. The van der Waals surface area contributed by atoms with Crippen molar-refractivity contribution < 1.29 is 18.7 Å². The first-order valence-electron chi connectivity index (χ1n) is 11.1. The van der Waals surface area contributed by atoms with Gasteiger partial charge in [-0.15, -0.1) is 0 Å². The predicted octanol–water partition coefficient (Wildman–Crippen LogP) is 5.51. The molecule has 1 aromatic carbocycles. The number of rotatable bonds is 4. The monoisotopic (exact) mass is 424 g/mol. The second kappa shape index (κ2) is 7.85. The molecule has 4 unspecified atom stereocenters. The van der Waals surface area contributed by atoms with Crippen molar-refractivity contribution in [1.29, 1.82) is 0 Å². The van der Waals surface area contributed by atoms with Gasteiger partial charge in [0.1, 0.15) is 17.4 Å². The average Bonchev–Trinajstić information content (AvgIpc) is 2.69. The summed E-state index contributed by atoms with van der Waals surface area (Å²) in [6, 6.07) is 8.77. The molecule has 5 nitrogen and oxygen atoms in total. The summed E-state index contributed by atoms with van der Waals surface area (Å²) in [5, 5.41) is 0.867. The summed E-state index contributed by atoms with van der Waals surface area (Å²) < 4.78 is 17.2. The molecule has 0 bridgehead atoms. The molecule has 5 heteroatoms. The Hall–Kier alpha value is -2.56. The maximum Gasteiger partial charge on any atom is 0.336 e.